The predicted octanol–water partition coefficient (Wildman–Crippen LogP) is 0.945. The normalized spacial score (nSPS) is 20.4. The lowest BCUT2D eigenvalue weighted by molar-refractivity contribution is -0.132. The van der Waals surface area contributed by atoms with Crippen molar-refractivity contribution in [2.24, 2.45) is 0 Å². The number of piperidine rings is 1. The second kappa shape index (κ2) is 7.43. The van der Waals surface area contributed by atoms with Crippen LogP contribution in [0.25, 0.3) is 0 Å². The molecule has 21 heavy (non-hydrogen) atoms. The predicted molar refractivity (Wildman–Crippen MR) is 81.3 cm³/mol. The summed E-state index contributed by atoms with van der Waals surface area (Å²) in [6, 6.07) is 8.01. The maximum Gasteiger partial charge on any atom is 0.222 e. The van der Waals surface area contributed by atoms with Crippen LogP contribution in [0.4, 0.5) is 0 Å². The summed E-state index contributed by atoms with van der Waals surface area (Å²) in [6.45, 7) is 3.41. The van der Waals surface area contributed by atoms with E-state index in [0.717, 1.165) is 17.7 Å². The van der Waals surface area contributed by atoms with E-state index in [1.807, 2.05) is 38.2 Å². The zero-order valence-electron chi connectivity index (χ0n) is 12.7. The van der Waals surface area contributed by atoms with Gasteiger partial charge in [0.25, 0.3) is 0 Å². The highest BCUT2D eigenvalue weighted by atomic mass is 16.5. The molecule has 2 unspecified atom stereocenters. The fourth-order valence-corrected chi connectivity index (χ4v) is 2.44. The Hall–Kier alpha value is -1.59. The number of aliphatic hydroxyl groups is 1. The highest BCUT2D eigenvalue weighted by Gasteiger charge is 2.22. The minimum Gasteiger partial charge on any atom is -0.491 e. The van der Waals surface area contributed by atoms with Gasteiger partial charge in [-0.25, -0.2) is 0 Å². The van der Waals surface area contributed by atoms with Crippen molar-refractivity contribution in [3.63, 3.8) is 0 Å². The summed E-state index contributed by atoms with van der Waals surface area (Å²) in [5.41, 5.74) is 1.06. The van der Waals surface area contributed by atoms with E-state index in [1.165, 1.54) is 0 Å². The summed E-state index contributed by atoms with van der Waals surface area (Å²) in [6.07, 6.45) is 0.839. The molecule has 1 amide bonds. The Morgan fingerprint density at radius 1 is 1.48 bits per heavy atom. The Bertz CT molecular complexity index is 478. The maximum absolute atomic E-state index is 11.4. The monoisotopic (exact) mass is 292 g/mol. The van der Waals surface area contributed by atoms with Crippen LogP contribution in [0.2, 0.25) is 0 Å². The van der Waals surface area contributed by atoms with Crippen molar-refractivity contribution in [3.05, 3.63) is 29.8 Å². The van der Waals surface area contributed by atoms with Gasteiger partial charge in [0.1, 0.15) is 18.5 Å². The summed E-state index contributed by atoms with van der Waals surface area (Å²) in [4.78, 5) is 13.1. The van der Waals surface area contributed by atoms with Crippen LogP contribution in [0.1, 0.15) is 18.4 Å². The van der Waals surface area contributed by atoms with Gasteiger partial charge in [0.15, 0.2) is 0 Å². The fourth-order valence-electron chi connectivity index (χ4n) is 2.44. The third-order valence-corrected chi connectivity index (χ3v) is 3.79. The zero-order chi connectivity index (χ0) is 15.2. The quantitative estimate of drug-likeness (QED) is 0.819. The number of nitrogens with zero attached hydrogens (tertiary/aromatic N) is 1. The molecular weight excluding hydrogens is 268 g/mol. The summed E-state index contributed by atoms with van der Waals surface area (Å²) < 4.78 is 5.62. The van der Waals surface area contributed by atoms with Crippen molar-refractivity contribution in [1.29, 1.82) is 0 Å². The third kappa shape index (κ3) is 4.72. The van der Waals surface area contributed by atoms with Crippen LogP contribution in [0, 0.1) is 6.92 Å². The van der Waals surface area contributed by atoms with Crippen molar-refractivity contribution in [2.75, 3.05) is 26.7 Å². The fraction of sp³-hybridized carbons (Fsp3) is 0.562. The number of benzene rings is 1. The number of carbonyl (C=O) groups is 1. The number of likely N-dealkylation sites (N-methyl/N-ethyl adjacent to an activating group) is 1. The first-order valence-electron chi connectivity index (χ1n) is 7.40. The number of aryl methyl sites for hydroxylation is 1. The first-order valence-corrected chi connectivity index (χ1v) is 7.40. The van der Waals surface area contributed by atoms with E-state index >= 15 is 0 Å². The van der Waals surface area contributed by atoms with Gasteiger partial charge in [-0.05, 0) is 25.0 Å². The van der Waals surface area contributed by atoms with Crippen molar-refractivity contribution < 1.29 is 14.6 Å². The Kier molecular flexibility index (Phi) is 5.59. The van der Waals surface area contributed by atoms with Gasteiger partial charge in [-0.2, -0.15) is 0 Å². The maximum atomic E-state index is 11.4. The van der Waals surface area contributed by atoms with Crippen LogP contribution in [0.15, 0.2) is 24.3 Å². The second-order valence-corrected chi connectivity index (χ2v) is 5.65. The molecule has 0 bridgehead atoms. The number of likely N-dealkylation sites (tertiary alicyclic amines) is 1. The Morgan fingerprint density at radius 2 is 2.24 bits per heavy atom. The highest BCUT2D eigenvalue weighted by Crippen LogP contribution is 2.16. The lowest BCUT2D eigenvalue weighted by Crippen LogP contribution is -2.48. The van der Waals surface area contributed by atoms with Crippen LogP contribution in [-0.2, 0) is 4.79 Å². The molecule has 1 aliphatic rings. The minimum atomic E-state index is -0.562. The Labute approximate surface area is 125 Å². The number of para-hydroxylation sites is 1. The lowest BCUT2D eigenvalue weighted by Gasteiger charge is -2.30. The van der Waals surface area contributed by atoms with Crippen molar-refractivity contribution >= 4 is 5.91 Å². The van der Waals surface area contributed by atoms with Crippen LogP contribution in [0.3, 0.4) is 0 Å². The standard InChI is InChI=1S/C16H24N2O3/c1-12-5-3-4-6-15(12)21-11-14(19)9-17-13-7-8-16(20)18(2)10-13/h3-6,13-14,17,19H,7-11H2,1-2H3. The van der Waals surface area contributed by atoms with E-state index in [2.05, 4.69) is 5.32 Å². The first kappa shape index (κ1) is 15.8. The van der Waals surface area contributed by atoms with E-state index < -0.39 is 6.10 Å². The topological polar surface area (TPSA) is 61.8 Å². The van der Waals surface area contributed by atoms with Gasteiger partial charge < -0.3 is 20.1 Å². The number of hydrogen-bond donors (Lipinski definition) is 2. The average molecular weight is 292 g/mol. The largest absolute Gasteiger partial charge is 0.491 e. The van der Waals surface area contributed by atoms with Crippen LogP contribution >= 0.6 is 0 Å². The van der Waals surface area contributed by atoms with Gasteiger partial charge in [0.05, 0.1) is 0 Å². The van der Waals surface area contributed by atoms with Crippen molar-refractivity contribution in [2.45, 2.75) is 31.9 Å². The smallest absolute Gasteiger partial charge is 0.222 e. The van der Waals surface area contributed by atoms with E-state index in [9.17, 15) is 9.90 Å². The van der Waals surface area contributed by atoms with Gasteiger partial charge in [0.2, 0.25) is 5.91 Å². The molecule has 2 N–H and O–H groups in total. The number of hydrogen-bond acceptors (Lipinski definition) is 4. The molecule has 2 atom stereocenters. The summed E-state index contributed by atoms with van der Waals surface area (Å²) in [7, 11) is 1.81. The van der Waals surface area contributed by atoms with Crippen LogP contribution < -0.4 is 10.1 Å². The molecule has 1 fully saturated rings. The number of nitrogens with one attached hydrogen (secondary N) is 1. The Morgan fingerprint density at radius 3 is 2.95 bits per heavy atom. The number of rotatable bonds is 6. The van der Waals surface area contributed by atoms with E-state index in [-0.39, 0.29) is 18.6 Å². The molecule has 5 nitrogen and oxygen atoms in total. The third-order valence-electron chi connectivity index (χ3n) is 3.79. The van der Waals surface area contributed by atoms with Gasteiger partial charge in [-0.3, -0.25) is 4.79 Å². The summed E-state index contributed by atoms with van der Waals surface area (Å²) in [5.74, 6) is 0.996. The van der Waals surface area contributed by atoms with Gasteiger partial charge in [0, 0.05) is 32.6 Å². The van der Waals surface area contributed by atoms with Crippen molar-refractivity contribution in [1.82, 2.24) is 10.2 Å². The number of aliphatic hydroxyl groups excluding tert-OH is 1. The Balaban J connectivity index is 1.69. The molecule has 1 saturated heterocycles. The first-order chi connectivity index (χ1) is 10.1. The number of carbonyl (C=O) groups excluding carboxylic acids is 1. The van der Waals surface area contributed by atoms with Crippen molar-refractivity contribution in [3.8, 4) is 5.75 Å². The summed E-state index contributed by atoms with van der Waals surface area (Å²) >= 11 is 0. The van der Waals surface area contributed by atoms with E-state index in [0.29, 0.717) is 19.5 Å². The van der Waals surface area contributed by atoms with E-state index in [4.69, 9.17) is 4.74 Å². The van der Waals surface area contributed by atoms with Gasteiger partial charge in [-0.15, -0.1) is 0 Å². The number of amides is 1. The SMILES string of the molecule is Cc1ccccc1OCC(O)CNC1CCC(=O)N(C)C1. The molecule has 1 heterocycles. The molecule has 0 aliphatic carbocycles. The molecular formula is C16H24N2O3. The molecule has 1 aromatic rings. The van der Waals surface area contributed by atoms with Gasteiger partial charge in [-0.1, -0.05) is 18.2 Å². The highest BCUT2D eigenvalue weighted by molar-refractivity contribution is 5.76. The minimum absolute atomic E-state index is 0.191. The molecule has 0 spiro atoms. The zero-order valence-corrected chi connectivity index (χ0v) is 12.7. The second-order valence-electron chi connectivity index (χ2n) is 5.65. The lowest BCUT2D eigenvalue weighted by atomic mass is 10.1. The molecule has 2 rings (SSSR count). The number of ether oxygens (including phenoxy) is 1. The van der Waals surface area contributed by atoms with Crippen LogP contribution in [0.5, 0.6) is 5.75 Å². The molecule has 116 valence electrons. The average Bonchev–Trinajstić information content (AvgIpc) is 2.47. The molecule has 0 saturated carbocycles. The molecule has 0 aromatic heterocycles. The van der Waals surface area contributed by atoms with Gasteiger partial charge >= 0.3 is 0 Å². The molecule has 1 aliphatic heterocycles. The molecule has 1 aromatic carbocycles. The van der Waals surface area contributed by atoms with E-state index in [1.54, 1.807) is 4.90 Å². The molecule has 5 heteroatoms. The summed E-state index contributed by atoms with van der Waals surface area (Å²) in [5, 5.41) is 13.3. The van der Waals surface area contributed by atoms with Crippen LogP contribution in [-0.4, -0.2) is 54.8 Å². The molecule has 0 radical (unpaired) electrons.